The highest BCUT2D eigenvalue weighted by atomic mass is 32.1. The van der Waals surface area contributed by atoms with E-state index in [2.05, 4.69) is 20.3 Å². The third-order valence-corrected chi connectivity index (χ3v) is 5.27. The normalized spacial score (nSPS) is 17.3. The first-order valence-electron chi connectivity index (χ1n) is 8.23. The second-order valence-electron chi connectivity index (χ2n) is 5.98. The highest BCUT2D eigenvalue weighted by Gasteiger charge is 2.33. The molecule has 1 aliphatic heterocycles. The zero-order valence-corrected chi connectivity index (χ0v) is 14.6. The highest BCUT2D eigenvalue weighted by Crippen LogP contribution is 2.34. The van der Waals surface area contributed by atoms with Crippen molar-refractivity contribution in [1.82, 2.24) is 29.9 Å². The van der Waals surface area contributed by atoms with Crippen LogP contribution in [-0.2, 0) is 11.3 Å². The van der Waals surface area contributed by atoms with Gasteiger partial charge >= 0.3 is 0 Å². The van der Waals surface area contributed by atoms with E-state index in [1.807, 2.05) is 24.1 Å². The van der Waals surface area contributed by atoms with Crippen LogP contribution in [0.2, 0.25) is 0 Å². The summed E-state index contributed by atoms with van der Waals surface area (Å²) < 4.78 is 7.62. The molecule has 4 heterocycles. The number of amides is 1. The molecule has 1 fully saturated rings. The zero-order valence-electron chi connectivity index (χ0n) is 13.8. The number of thiazole rings is 1. The van der Waals surface area contributed by atoms with Crippen LogP contribution in [0.15, 0.2) is 28.4 Å². The van der Waals surface area contributed by atoms with Crippen molar-refractivity contribution in [2.75, 3.05) is 6.54 Å². The number of rotatable bonds is 5. The standard InChI is InChI=1S/C16H18N6O2S/c1-11-14(25-10-17-11)16-20-19-15(24-16)12-4-2-8-22(12)13(23)5-9-21-7-3-6-18-21/h3,6-7,10,12H,2,4-5,8-9H2,1H3/t12-/m0/s1. The number of hydrogen-bond donors (Lipinski definition) is 0. The summed E-state index contributed by atoms with van der Waals surface area (Å²) in [7, 11) is 0. The second-order valence-corrected chi connectivity index (χ2v) is 6.83. The molecule has 4 rings (SSSR count). The lowest BCUT2D eigenvalue weighted by atomic mass is 10.2. The van der Waals surface area contributed by atoms with Gasteiger partial charge in [0.25, 0.3) is 5.89 Å². The van der Waals surface area contributed by atoms with Crippen molar-refractivity contribution in [3.63, 3.8) is 0 Å². The van der Waals surface area contributed by atoms with Crippen LogP contribution in [0.4, 0.5) is 0 Å². The van der Waals surface area contributed by atoms with Crippen LogP contribution in [0.3, 0.4) is 0 Å². The zero-order chi connectivity index (χ0) is 17.2. The van der Waals surface area contributed by atoms with Crippen molar-refractivity contribution in [2.45, 2.75) is 38.8 Å². The summed E-state index contributed by atoms with van der Waals surface area (Å²) in [4.78, 5) is 19.5. The molecule has 3 aromatic rings. The van der Waals surface area contributed by atoms with Gasteiger partial charge in [-0.3, -0.25) is 9.48 Å². The molecular formula is C16H18N6O2S. The summed E-state index contributed by atoms with van der Waals surface area (Å²) in [5, 5.41) is 12.5. The lowest BCUT2D eigenvalue weighted by Crippen LogP contribution is -2.31. The maximum Gasteiger partial charge on any atom is 0.259 e. The molecule has 1 atom stereocenters. The minimum Gasteiger partial charge on any atom is -0.418 e. The first-order valence-corrected chi connectivity index (χ1v) is 9.11. The number of aromatic nitrogens is 5. The molecule has 0 radical (unpaired) electrons. The maximum atomic E-state index is 12.6. The third-order valence-electron chi connectivity index (χ3n) is 4.35. The van der Waals surface area contributed by atoms with Crippen LogP contribution in [0.25, 0.3) is 10.8 Å². The summed E-state index contributed by atoms with van der Waals surface area (Å²) in [6.07, 6.45) is 5.76. The van der Waals surface area contributed by atoms with Gasteiger partial charge in [-0.15, -0.1) is 21.5 Å². The predicted molar refractivity (Wildman–Crippen MR) is 90.7 cm³/mol. The van der Waals surface area contributed by atoms with E-state index < -0.39 is 0 Å². The van der Waals surface area contributed by atoms with E-state index in [4.69, 9.17) is 4.42 Å². The molecule has 1 amide bonds. The summed E-state index contributed by atoms with van der Waals surface area (Å²) >= 11 is 1.47. The smallest absolute Gasteiger partial charge is 0.259 e. The van der Waals surface area contributed by atoms with E-state index in [1.54, 1.807) is 16.4 Å². The van der Waals surface area contributed by atoms with Gasteiger partial charge in [0.1, 0.15) is 10.9 Å². The lowest BCUT2D eigenvalue weighted by molar-refractivity contribution is -0.132. The van der Waals surface area contributed by atoms with Crippen LogP contribution in [0, 0.1) is 6.92 Å². The third kappa shape index (κ3) is 3.19. The van der Waals surface area contributed by atoms with Crippen LogP contribution < -0.4 is 0 Å². The molecule has 0 aliphatic carbocycles. The average molecular weight is 358 g/mol. The van der Waals surface area contributed by atoms with E-state index in [9.17, 15) is 4.79 Å². The van der Waals surface area contributed by atoms with Crippen LogP contribution >= 0.6 is 11.3 Å². The number of likely N-dealkylation sites (tertiary alicyclic amines) is 1. The molecule has 0 unspecified atom stereocenters. The predicted octanol–water partition coefficient (Wildman–Crippen LogP) is 2.45. The Hall–Kier alpha value is -2.55. The number of hydrogen-bond acceptors (Lipinski definition) is 7. The minimum atomic E-state index is -0.139. The van der Waals surface area contributed by atoms with Gasteiger partial charge in [-0.25, -0.2) is 4.98 Å². The van der Waals surface area contributed by atoms with Crippen molar-refractivity contribution in [2.24, 2.45) is 0 Å². The molecule has 0 N–H and O–H groups in total. The molecule has 3 aromatic heterocycles. The van der Waals surface area contributed by atoms with Gasteiger partial charge in [0.2, 0.25) is 11.8 Å². The molecule has 0 saturated carbocycles. The first kappa shape index (κ1) is 15.9. The van der Waals surface area contributed by atoms with Crippen molar-refractivity contribution in [1.29, 1.82) is 0 Å². The summed E-state index contributed by atoms with van der Waals surface area (Å²) in [5.74, 6) is 1.07. The fourth-order valence-electron chi connectivity index (χ4n) is 3.08. The summed E-state index contributed by atoms with van der Waals surface area (Å²) in [6, 6.07) is 1.71. The summed E-state index contributed by atoms with van der Waals surface area (Å²) in [5.41, 5.74) is 2.63. The Balaban J connectivity index is 1.47. The fraction of sp³-hybridized carbons (Fsp3) is 0.438. The molecule has 0 aromatic carbocycles. The Bertz CT molecular complexity index is 856. The van der Waals surface area contributed by atoms with Crippen molar-refractivity contribution >= 4 is 17.2 Å². The Morgan fingerprint density at radius 1 is 1.44 bits per heavy atom. The number of nitrogens with zero attached hydrogens (tertiary/aromatic N) is 6. The lowest BCUT2D eigenvalue weighted by Gasteiger charge is -2.22. The van der Waals surface area contributed by atoms with Crippen molar-refractivity contribution in [3.05, 3.63) is 35.6 Å². The van der Waals surface area contributed by atoms with Gasteiger partial charge < -0.3 is 9.32 Å². The van der Waals surface area contributed by atoms with Crippen LogP contribution in [0.1, 0.15) is 36.9 Å². The number of carbonyl (C=O) groups excluding carboxylic acids is 1. The van der Waals surface area contributed by atoms with Gasteiger partial charge in [-0.1, -0.05) is 0 Å². The number of aryl methyl sites for hydroxylation is 2. The fourth-order valence-corrected chi connectivity index (χ4v) is 3.80. The highest BCUT2D eigenvalue weighted by molar-refractivity contribution is 7.13. The Labute approximate surface area is 148 Å². The molecule has 0 bridgehead atoms. The van der Waals surface area contributed by atoms with Gasteiger partial charge in [-0.2, -0.15) is 5.10 Å². The maximum absolute atomic E-state index is 12.6. The van der Waals surface area contributed by atoms with E-state index in [0.29, 0.717) is 24.7 Å². The van der Waals surface area contributed by atoms with E-state index in [1.165, 1.54) is 11.3 Å². The SMILES string of the molecule is Cc1ncsc1-c1nnc([C@@H]2CCCN2C(=O)CCn2cccn2)o1. The van der Waals surface area contributed by atoms with Gasteiger partial charge in [0, 0.05) is 31.9 Å². The monoisotopic (exact) mass is 358 g/mol. The van der Waals surface area contributed by atoms with Gasteiger partial charge in [0.05, 0.1) is 11.2 Å². The van der Waals surface area contributed by atoms with E-state index >= 15 is 0 Å². The van der Waals surface area contributed by atoms with Gasteiger partial charge in [0.15, 0.2) is 0 Å². The van der Waals surface area contributed by atoms with Crippen molar-refractivity contribution < 1.29 is 9.21 Å². The van der Waals surface area contributed by atoms with Crippen molar-refractivity contribution in [3.8, 4) is 10.8 Å². The molecule has 130 valence electrons. The van der Waals surface area contributed by atoms with Gasteiger partial charge in [-0.05, 0) is 25.8 Å². The molecule has 1 saturated heterocycles. The first-order chi connectivity index (χ1) is 12.2. The molecule has 0 spiro atoms. The molecule has 1 aliphatic rings. The molecular weight excluding hydrogens is 340 g/mol. The summed E-state index contributed by atoms with van der Waals surface area (Å²) in [6.45, 7) is 3.21. The molecule has 25 heavy (non-hydrogen) atoms. The second kappa shape index (κ2) is 6.75. The Morgan fingerprint density at radius 3 is 3.12 bits per heavy atom. The minimum absolute atomic E-state index is 0.0896. The topological polar surface area (TPSA) is 89.9 Å². The Kier molecular flexibility index (Phi) is 4.31. The van der Waals surface area contributed by atoms with E-state index in [-0.39, 0.29) is 11.9 Å². The van der Waals surface area contributed by atoms with Crippen LogP contribution in [-0.4, -0.2) is 42.3 Å². The molecule has 8 nitrogen and oxygen atoms in total. The quantitative estimate of drug-likeness (QED) is 0.696. The molecule has 9 heteroatoms. The Morgan fingerprint density at radius 2 is 2.36 bits per heavy atom. The van der Waals surface area contributed by atoms with E-state index in [0.717, 1.165) is 30.0 Å². The number of carbonyl (C=O) groups is 1. The average Bonchev–Trinajstić information content (AvgIpc) is 3.37. The largest absolute Gasteiger partial charge is 0.418 e. The van der Waals surface area contributed by atoms with Crippen LogP contribution in [0.5, 0.6) is 0 Å².